The number of aryl methyl sites for hydroxylation is 1. The Morgan fingerprint density at radius 2 is 1.94 bits per heavy atom. The summed E-state index contributed by atoms with van der Waals surface area (Å²) < 4.78 is 0. The van der Waals surface area contributed by atoms with E-state index in [4.69, 9.17) is 5.73 Å². The zero-order chi connectivity index (χ0) is 12.8. The van der Waals surface area contributed by atoms with E-state index >= 15 is 0 Å². The molecule has 0 fully saturated rings. The number of hydrogen-bond donors (Lipinski definition) is 2. The van der Waals surface area contributed by atoms with Crippen LogP contribution in [-0.2, 0) is 4.79 Å². The lowest BCUT2D eigenvalue weighted by Crippen LogP contribution is -2.35. The molecule has 2 atom stereocenters. The zero-order valence-corrected chi connectivity index (χ0v) is 10.9. The lowest BCUT2D eigenvalue weighted by Gasteiger charge is -2.19. The van der Waals surface area contributed by atoms with Gasteiger partial charge in [-0.05, 0) is 18.9 Å². The van der Waals surface area contributed by atoms with Gasteiger partial charge in [-0.1, -0.05) is 43.7 Å². The first kappa shape index (κ1) is 13.7. The van der Waals surface area contributed by atoms with Crippen molar-refractivity contribution < 1.29 is 4.79 Å². The van der Waals surface area contributed by atoms with Crippen LogP contribution >= 0.6 is 0 Å². The second-order valence-corrected chi connectivity index (χ2v) is 4.52. The molecule has 3 heteroatoms. The van der Waals surface area contributed by atoms with E-state index in [0.717, 1.165) is 12.0 Å². The molecule has 1 aromatic carbocycles. The SMILES string of the molecule is CCC(NC(=O)C(C)CN)c1ccc(C)cc1. The highest BCUT2D eigenvalue weighted by atomic mass is 16.1. The van der Waals surface area contributed by atoms with Gasteiger partial charge in [0.2, 0.25) is 5.91 Å². The Bertz CT molecular complexity index is 359. The largest absolute Gasteiger partial charge is 0.349 e. The van der Waals surface area contributed by atoms with Gasteiger partial charge in [0, 0.05) is 12.5 Å². The van der Waals surface area contributed by atoms with E-state index in [1.54, 1.807) is 0 Å². The molecule has 0 aliphatic carbocycles. The van der Waals surface area contributed by atoms with Gasteiger partial charge >= 0.3 is 0 Å². The highest BCUT2D eigenvalue weighted by Gasteiger charge is 2.16. The lowest BCUT2D eigenvalue weighted by molar-refractivity contribution is -0.125. The van der Waals surface area contributed by atoms with Crippen molar-refractivity contribution in [3.05, 3.63) is 35.4 Å². The van der Waals surface area contributed by atoms with E-state index in [9.17, 15) is 4.79 Å². The molecule has 0 aromatic heterocycles. The van der Waals surface area contributed by atoms with Crippen LogP contribution in [0.4, 0.5) is 0 Å². The second kappa shape index (κ2) is 6.40. The van der Waals surface area contributed by atoms with Gasteiger partial charge in [0.05, 0.1) is 6.04 Å². The Hall–Kier alpha value is -1.35. The van der Waals surface area contributed by atoms with E-state index in [1.165, 1.54) is 5.56 Å². The molecule has 1 aromatic rings. The topological polar surface area (TPSA) is 55.1 Å². The molecule has 0 heterocycles. The molecule has 0 saturated carbocycles. The van der Waals surface area contributed by atoms with Crippen LogP contribution < -0.4 is 11.1 Å². The van der Waals surface area contributed by atoms with Gasteiger partial charge in [-0.3, -0.25) is 4.79 Å². The van der Waals surface area contributed by atoms with Crippen LogP contribution in [0.15, 0.2) is 24.3 Å². The first-order valence-corrected chi connectivity index (χ1v) is 6.15. The van der Waals surface area contributed by atoms with Crippen LogP contribution in [0.5, 0.6) is 0 Å². The molecule has 1 rings (SSSR count). The van der Waals surface area contributed by atoms with Crippen LogP contribution in [0.1, 0.15) is 37.4 Å². The van der Waals surface area contributed by atoms with Gasteiger partial charge in [-0.25, -0.2) is 0 Å². The van der Waals surface area contributed by atoms with Gasteiger partial charge in [-0.15, -0.1) is 0 Å². The number of nitrogens with two attached hydrogens (primary N) is 1. The third-order valence-corrected chi connectivity index (χ3v) is 3.01. The minimum absolute atomic E-state index is 0.0277. The predicted octanol–water partition coefficient (Wildman–Crippen LogP) is 2.16. The van der Waals surface area contributed by atoms with E-state index in [1.807, 2.05) is 6.92 Å². The molecular weight excluding hydrogens is 212 g/mol. The molecular formula is C14H22N2O. The third kappa shape index (κ3) is 3.86. The van der Waals surface area contributed by atoms with Gasteiger partial charge < -0.3 is 11.1 Å². The number of carbonyl (C=O) groups excluding carboxylic acids is 1. The molecule has 1 amide bonds. The third-order valence-electron chi connectivity index (χ3n) is 3.01. The van der Waals surface area contributed by atoms with Crippen LogP contribution in [0.2, 0.25) is 0 Å². The Balaban J connectivity index is 2.72. The van der Waals surface area contributed by atoms with Crippen molar-refractivity contribution in [2.45, 2.75) is 33.2 Å². The minimum Gasteiger partial charge on any atom is -0.349 e. The molecule has 3 nitrogen and oxygen atoms in total. The number of rotatable bonds is 5. The summed E-state index contributed by atoms with van der Waals surface area (Å²) in [6, 6.07) is 8.35. The van der Waals surface area contributed by atoms with Crippen LogP contribution in [0.25, 0.3) is 0 Å². The fraction of sp³-hybridized carbons (Fsp3) is 0.500. The van der Waals surface area contributed by atoms with Gasteiger partial charge in [0.1, 0.15) is 0 Å². The summed E-state index contributed by atoms with van der Waals surface area (Å²) in [6.45, 7) is 6.35. The van der Waals surface area contributed by atoms with Crippen molar-refractivity contribution in [3.63, 3.8) is 0 Å². The van der Waals surface area contributed by atoms with Gasteiger partial charge in [0.15, 0.2) is 0 Å². The first-order chi connectivity index (χ1) is 8.08. The first-order valence-electron chi connectivity index (χ1n) is 6.15. The molecule has 0 bridgehead atoms. The Morgan fingerprint density at radius 3 is 2.41 bits per heavy atom. The molecule has 0 saturated heterocycles. The van der Waals surface area contributed by atoms with Gasteiger partial charge in [0.25, 0.3) is 0 Å². The van der Waals surface area contributed by atoms with Crippen LogP contribution in [-0.4, -0.2) is 12.5 Å². The second-order valence-electron chi connectivity index (χ2n) is 4.52. The average molecular weight is 234 g/mol. The average Bonchev–Trinajstić information content (AvgIpc) is 2.35. The minimum atomic E-state index is -0.130. The highest BCUT2D eigenvalue weighted by Crippen LogP contribution is 2.17. The number of nitrogens with one attached hydrogen (secondary N) is 1. The summed E-state index contributed by atoms with van der Waals surface area (Å²) in [6.07, 6.45) is 0.881. The van der Waals surface area contributed by atoms with E-state index < -0.39 is 0 Å². The molecule has 0 spiro atoms. The van der Waals surface area contributed by atoms with Crippen molar-refractivity contribution in [3.8, 4) is 0 Å². The maximum absolute atomic E-state index is 11.8. The van der Waals surface area contributed by atoms with Crippen LogP contribution in [0.3, 0.4) is 0 Å². The fourth-order valence-corrected chi connectivity index (χ4v) is 1.64. The Labute approximate surface area is 103 Å². The fourth-order valence-electron chi connectivity index (χ4n) is 1.64. The maximum atomic E-state index is 11.8. The normalized spacial score (nSPS) is 14.1. The van der Waals surface area contributed by atoms with Gasteiger partial charge in [-0.2, -0.15) is 0 Å². The number of carbonyl (C=O) groups is 1. The van der Waals surface area contributed by atoms with E-state index in [0.29, 0.717) is 6.54 Å². The van der Waals surface area contributed by atoms with Crippen molar-refractivity contribution in [2.75, 3.05) is 6.54 Å². The van der Waals surface area contributed by atoms with Crippen molar-refractivity contribution in [1.29, 1.82) is 0 Å². The maximum Gasteiger partial charge on any atom is 0.224 e. The smallest absolute Gasteiger partial charge is 0.224 e. The number of hydrogen-bond acceptors (Lipinski definition) is 2. The molecule has 0 aliphatic heterocycles. The highest BCUT2D eigenvalue weighted by molar-refractivity contribution is 5.78. The Kier molecular flexibility index (Phi) is 5.16. The number of amides is 1. The molecule has 0 radical (unpaired) electrons. The summed E-state index contributed by atoms with van der Waals surface area (Å²) >= 11 is 0. The Morgan fingerprint density at radius 1 is 1.35 bits per heavy atom. The van der Waals surface area contributed by atoms with E-state index in [2.05, 4.69) is 43.4 Å². The molecule has 2 unspecified atom stereocenters. The summed E-state index contributed by atoms with van der Waals surface area (Å²) in [7, 11) is 0. The summed E-state index contributed by atoms with van der Waals surface area (Å²) in [5, 5.41) is 3.03. The van der Waals surface area contributed by atoms with Crippen LogP contribution in [0, 0.1) is 12.8 Å². The summed E-state index contributed by atoms with van der Waals surface area (Å²) in [4.78, 5) is 11.8. The lowest BCUT2D eigenvalue weighted by atomic mass is 10.0. The molecule has 3 N–H and O–H groups in total. The molecule has 94 valence electrons. The van der Waals surface area contributed by atoms with E-state index in [-0.39, 0.29) is 17.9 Å². The standard InChI is InChI=1S/C14H22N2O/c1-4-13(16-14(17)11(3)9-15)12-7-5-10(2)6-8-12/h5-8,11,13H,4,9,15H2,1-3H3,(H,16,17). The zero-order valence-electron chi connectivity index (χ0n) is 10.9. The monoisotopic (exact) mass is 234 g/mol. The number of benzene rings is 1. The molecule has 0 aliphatic rings. The predicted molar refractivity (Wildman–Crippen MR) is 70.6 cm³/mol. The molecule has 17 heavy (non-hydrogen) atoms. The summed E-state index contributed by atoms with van der Waals surface area (Å²) in [5.41, 5.74) is 7.86. The summed E-state index contributed by atoms with van der Waals surface area (Å²) in [5.74, 6) is -0.102. The quantitative estimate of drug-likeness (QED) is 0.820. The van der Waals surface area contributed by atoms with Crippen molar-refractivity contribution in [2.24, 2.45) is 11.7 Å². The van der Waals surface area contributed by atoms with Crippen molar-refractivity contribution in [1.82, 2.24) is 5.32 Å². The van der Waals surface area contributed by atoms with Crippen molar-refractivity contribution >= 4 is 5.91 Å².